The predicted octanol–water partition coefficient (Wildman–Crippen LogP) is 3.58. The van der Waals surface area contributed by atoms with Crippen molar-refractivity contribution in [3.8, 4) is 11.5 Å². The van der Waals surface area contributed by atoms with Crippen LogP contribution in [0.2, 0.25) is 0 Å². The van der Waals surface area contributed by atoms with Gasteiger partial charge < -0.3 is 14.3 Å². The average Bonchev–Trinajstić information content (AvgIpc) is 3.35. The number of anilines is 1. The summed E-state index contributed by atoms with van der Waals surface area (Å²) < 4.78 is 48.9. The zero-order chi connectivity index (χ0) is 22.0. The standard InChI is InChI=1S/C21H20F3N7O/c1-29-7-9-30(10-8-29)18-15-13(21(22,23)24)3-2-4-14(15)31-11-25-16(19(31)27-18)17-26-20(32-28-17)12-5-6-12/h2-4,11-12H,5-10H2,1H3. The van der Waals surface area contributed by atoms with E-state index in [2.05, 4.69) is 20.0 Å². The van der Waals surface area contributed by atoms with Crippen LogP contribution in [0.1, 0.15) is 30.2 Å². The maximum atomic E-state index is 14.0. The van der Waals surface area contributed by atoms with Crippen molar-refractivity contribution < 1.29 is 17.7 Å². The molecule has 0 amide bonds. The Kier molecular flexibility index (Phi) is 4.19. The van der Waals surface area contributed by atoms with Gasteiger partial charge in [-0.2, -0.15) is 18.2 Å². The molecule has 1 aliphatic carbocycles. The molecular formula is C21H20F3N7O. The molecule has 2 aliphatic rings. The minimum atomic E-state index is -4.51. The molecule has 0 spiro atoms. The smallest absolute Gasteiger partial charge is 0.353 e. The van der Waals surface area contributed by atoms with Gasteiger partial charge in [0.1, 0.15) is 12.1 Å². The van der Waals surface area contributed by atoms with E-state index >= 15 is 0 Å². The SMILES string of the molecule is CN1CCN(c2nc3c(-c4noc(C5CC5)n4)ncn3c3cccc(C(F)(F)F)c23)CC1. The highest BCUT2D eigenvalue weighted by Gasteiger charge is 2.36. The van der Waals surface area contributed by atoms with E-state index in [1.165, 1.54) is 12.4 Å². The summed E-state index contributed by atoms with van der Waals surface area (Å²) in [5, 5.41) is 4.13. The van der Waals surface area contributed by atoms with Gasteiger partial charge in [-0.05, 0) is 32.0 Å². The normalized spacial score (nSPS) is 18.2. The Bertz CT molecular complexity index is 1320. The molecule has 11 heteroatoms. The third-order valence-electron chi connectivity index (χ3n) is 6.17. The Hall–Kier alpha value is -3.21. The molecule has 6 rings (SSSR count). The quantitative estimate of drug-likeness (QED) is 0.479. The van der Waals surface area contributed by atoms with Crippen molar-refractivity contribution in [2.75, 3.05) is 38.1 Å². The number of piperazine rings is 1. The Morgan fingerprint density at radius 1 is 1.06 bits per heavy atom. The fraction of sp³-hybridized carbons (Fsp3) is 0.429. The summed E-state index contributed by atoms with van der Waals surface area (Å²) in [5.74, 6) is 1.47. The average molecular weight is 443 g/mol. The van der Waals surface area contributed by atoms with Crippen LogP contribution in [0.15, 0.2) is 29.0 Å². The summed E-state index contributed by atoms with van der Waals surface area (Å²) in [6, 6.07) is 4.18. The van der Waals surface area contributed by atoms with Crippen LogP contribution in [-0.4, -0.2) is 62.6 Å². The van der Waals surface area contributed by atoms with Crippen molar-refractivity contribution in [3.63, 3.8) is 0 Å². The van der Waals surface area contributed by atoms with E-state index in [0.717, 1.165) is 32.0 Å². The van der Waals surface area contributed by atoms with Gasteiger partial charge in [-0.15, -0.1) is 0 Å². The second-order valence-electron chi connectivity index (χ2n) is 8.44. The number of hydrogen-bond donors (Lipinski definition) is 0. The molecule has 0 bridgehead atoms. The Morgan fingerprint density at radius 3 is 2.56 bits per heavy atom. The molecule has 1 saturated heterocycles. The lowest BCUT2D eigenvalue weighted by Crippen LogP contribution is -2.45. The number of benzene rings is 1. The van der Waals surface area contributed by atoms with Crippen molar-refractivity contribution in [3.05, 3.63) is 36.0 Å². The third-order valence-corrected chi connectivity index (χ3v) is 6.17. The van der Waals surface area contributed by atoms with E-state index in [-0.39, 0.29) is 11.3 Å². The van der Waals surface area contributed by atoms with Gasteiger partial charge in [0.2, 0.25) is 11.7 Å². The number of rotatable bonds is 3. The Balaban J connectivity index is 1.60. The van der Waals surface area contributed by atoms with Crippen LogP contribution < -0.4 is 4.90 Å². The van der Waals surface area contributed by atoms with Crippen LogP contribution in [0.25, 0.3) is 28.1 Å². The van der Waals surface area contributed by atoms with Crippen molar-refractivity contribution >= 4 is 22.4 Å². The van der Waals surface area contributed by atoms with Crippen molar-refractivity contribution in [2.45, 2.75) is 24.9 Å². The zero-order valence-electron chi connectivity index (χ0n) is 17.3. The second kappa shape index (κ2) is 6.89. The van der Waals surface area contributed by atoms with Crippen molar-refractivity contribution in [1.29, 1.82) is 0 Å². The number of hydrogen-bond acceptors (Lipinski definition) is 7. The molecule has 8 nitrogen and oxygen atoms in total. The van der Waals surface area contributed by atoms with Gasteiger partial charge in [-0.1, -0.05) is 11.2 Å². The van der Waals surface area contributed by atoms with Gasteiger partial charge in [-0.3, -0.25) is 4.40 Å². The summed E-state index contributed by atoms with van der Waals surface area (Å²) >= 11 is 0. The first-order chi connectivity index (χ1) is 15.4. The number of aromatic nitrogens is 5. The number of nitrogens with zero attached hydrogens (tertiary/aromatic N) is 7. The van der Waals surface area contributed by atoms with Crippen LogP contribution >= 0.6 is 0 Å². The van der Waals surface area contributed by atoms with E-state index in [1.54, 1.807) is 10.5 Å². The maximum absolute atomic E-state index is 14.0. The first kappa shape index (κ1) is 19.5. The largest absolute Gasteiger partial charge is 0.417 e. The molecule has 1 aromatic carbocycles. The molecule has 166 valence electrons. The molecular weight excluding hydrogens is 423 g/mol. The molecule has 1 aliphatic heterocycles. The van der Waals surface area contributed by atoms with Gasteiger partial charge in [0.15, 0.2) is 11.3 Å². The number of likely N-dealkylation sites (N-methyl/N-ethyl adjacent to an activating group) is 1. The Morgan fingerprint density at radius 2 is 1.84 bits per heavy atom. The summed E-state index contributed by atoms with van der Waals surface area (Å²) in [4.78, 5) is 17.6. The highest BCUT2D eigenvalue weighted by Crippen LogP contribution is 2.41. The van der Waals surface area contributed by atoms with Gasteiger partial charge in [-0.25, -0.2) is 9.97 Å². The molecule has 1 saturated carbocycles. The van der Waals surface area contributed by atoms with Crippen LogP contribution in [0.3, 0.4) is 0 Å². The maximum Gasteiger partial charge on any atom is 0.417 e. The second-order valence-corrected chi connectivity index (χ2v) is 8.44. The molecule has 0 unspecified atom stereocenters. The Labute approximate surface area is 180 Å². The van der Waals surface area contributed by atoms with Gasteiger partial charge in [0.05, 0.1) is 16.5 Å². The van der Waals surface area contributed by atoms with Gasteiger partial charge >= 0.3 is 6.18 Å². The summed E-state index contributed by atoms with van der Waals surface area (Å²) in [7, 11) is 2.00. The van der Waals surface area contributed by atoms with Gasteiger partial charge in [0, 0.05) is 32.1 Å². The van der Waals surface area contributed by atoms with E-state index in [9.17, 15) is 13.2 Å². The highest BCUT2D eigenvalue weighted by atomic mass is 19.4. The molecule has 3 aromatic heterocycles. The number of alkyl halides is 3. The van der Waals surface area contributed by atoms with Crippen LogP contribution in [-0.2, 0) is 6.18 Å². The summed E-state index contributed by atoms with van der Waals surface area (Å²) in [6.07, 6.45) is -1.00. The number of fused-ring (bicyclic) bond motifs is 3. The lowest BCUT2D eigenvalue weighted by molar-refractivity contribution is -0.136. The third kappa shape index (κ3) is 3.10. The number of imidazole rings is 1. The first-order valence-electron chi connectivity index (χ1n) is 10.5. The van der Waals surface area contributed by atoms with E-state index < -0.39 is 11.7 Å². The van der Waals surface area contributed by atoms with Crippen LogP contribution in [0.4, 0.5) is 19.0 Å². The lowest BCUT2D eigenvalue weighted by Gasteiger charge is -2.34. The molecule has 0 radical (unpaired) electrons. The highest BCUT2D eigenvalue weighted by molar-refractivity contribution is 5.96. The van der Waals surface area contributed by atoms with Gasteiger partial charge in [0.25, 0.3) is 0 Å². The molecule has 32 heavy (non-hydrogen) atoms. The molecule has 4 aromatic rings. The van der Waals surface area contributed by atoms with Crippen molar-refractivity contribution in [1.82, 2.24) is 29.4 Å². The fourth-order valence-electron chi connectivity index (χ4n) is 4.23. The minimum Gasteiger partial charge on any atom is -0.353 e. The molecule has 4 heterocycles. The lowest BCUT2D eigenvalue weighted by atomic mass is 10.1. The van der Waals surface area contributed by atoms with Crippen molar-refractivity contribution in [2.24, 2.45) is 0 Å². The van der Waals surface area contributed by atoms with E-state index in [1.807, 2.05) is 11.9 Å². The topological polar surface area (TPSA) is 75.6 Å². The molecule has 0 N–H and O–H groups in total. The first-order valence-corrected chi connectivity index (χ1v) is 10.5. The minimum absolute atomic E-state index is 0.0767. The van der Waals surface area contributed by atoms with Crippen LogP contribution in [0, 0.1) is 0 Å². The van der Waals surface area contributed by atoms with Crippen LogP contribution in [0.5, 0.6) is 0 Å². The molecule has 0 atom stereocenters. The number of halogens is 3. The molecule has 2 fully saturated rings. The van der Waals surface area contributed by atoms with E-state index in [0.29, 0.717) is 47.5 Å². The zero-order valence-corrected chi connectivity index (χ0v) is 17.3. The van der Waals surface area contributed by atoms with E-state index in [4.69, 9.17) is 9.51 Å². The predicted molar refractivity (Wildman–Crippen MR) is 110 cm³/mol. The summed E-state index contributed by atoms with van der Waals surface area (Å²) in [6.45, 7) is 2.64. The monoisotopic (exact) mass is 443 g/mol. The fourth-order valence-corrected chi connectivity index (χ4v) is 4.23. The summed E-state index contributed by atoms with van der Waals surface area (Å²) in [5.41, 5.74) is 0.497.